The molecule has 0 saturated carbocycles. The normalized spacial score (nSPS) is 14.6. The summed E-state index contributed by atoms with van der Waals surface area (Å²) in [5, 5.41) is 3.61. The lowest BCUT2D eigenvalue weighted by Crippen LogP contribution is -2.29. The molecule has 2 atom stereocenters. The van der Waals surface area contributed by atoms with E-state index in [4.69, 9.17) is 4.74 Å². The standard InChI is InChI=1S/C17H29NO/c1-13(2)12-16-6-8-17(9-7-16)15(4)18-14(3)10-11-19-5/h6-9,13-15,18H,10-12H2,1-5H3. The monoisotopic (exact) mass is 263 g/mol. The van der Waals surface area contributed by atoms with E-state index < -0.39 is 0 Å². The first kappa shape index (κ1) is 16.2. The minimum atomic E-state index is 0.389. The van der Waals surface area contributed by atoms with E-state index in [-0.39, 0.29) is 0 Å². The maximum atomic E-state index is 5.11. The van der Waals surface area contributed by atoms with Crippen molar-refractivity contribution in [3.05, 3.63) is 35.4 Å². The molecule has 1 aromatic rings. The average Bonchev–Trinajstić information content (AvgIpc) is 2.36. The van der Waals surface area contributed by atoms with Gasteiger partial charge in [-0.1, -0.05) is 38.1 Å². The van der Waals surface area contributed by atoms with Crippen molar-refractivity contribution >= 4 is 0 Å². The third-order valence-electron chi connectivity index (χ3n) is 3.41. The van der Waals surface area contributed by atoms with Crippen LogP contribution in [0.1, 0.15) is 51.3 Å². The Kier molecular flexibility index (Phi) is 7.11. The second kappa shape index (κ2) is 8.34. The van der Waals surface area contributed by atoms with Crippen molar-refractivity contribution in [2.75, 3.05) is 13.7 Å². The first-order chi connectivity index (χ1) is 9.02. The van der Waals surface area contributed by atoms with Crippen LogP contribution in [0, 0.1) is 5.92 Å². The molecule has 0 spiro atoms. The minimum absolute atomic E-state index is 0.389. The fourth-order valence-corrected chi connectivity index (χ4v) is 2.31. The molecule has 2 heteroatoms. The predicted molar refractivity (Wildman–Crippen MR) is 82.5 cm³/mol. The summed E-state index contributed by atoms with van der Waals surface area (Å²) in [4.78, 5) is 0. The van der Waals surface area contributed by atoms with Crippen LogP contribution in [0.25, 0.3) is 0 Å². The summed E-state index contributed by atoms with van der Waals surface area (Å²) in [7, 11) is 1.75. The van der Waals surface area contributed by atoms with Crippen molar-refractivity contribution in [1.29, 1.82) is 0 Å². The number of methoxy groups -OCH3 is 1. The fraction of sp³-hybridized carbons (Fsp3) is 0.647. The van der Waals surface area contributed by atoms with E-state index >= 15 is 0 Å². The Morgan fingerprint density at radius 1 is 1.05 bits per heavy atom. The Bertz CT molecular complexity index is 345. The molecule has 108 valence electrons. The van der Waals surface area contributed by atoms with E-state index in [1.807, 2.05) is 0 Å². The molecule has 0 aliphatic carbocycles. The van der Waals surface area contributed by atoms with Crippen LogP contribution in [0.15, 0.2) is 24.3 Å². The van der Waals surface area contributed by atoms with Crippen molar-refractivity contribution in [2.24, 2.45) is 5.92 Å². The van der Waals surface area contributed by atoms with Gasteiger partial charge in [-0.25, -0.2) is 0 Å². The van der Waals surface area contributed by atoms with Gasteiger partial charge >= 0.3 is 0 Å². The van der Waals surface area contributed by atoms with Crippen LogP contribution >= 0.6 is 0 Å². The molecule has 1 aromatic carbocycles. The van der Waals surface area contributed by atoms with Gasteiger partial charge in [0.05, 0.1) is 0 Å². The molecule has 0 fully saturated rings. The zero-order chi connectivity index (χ0) is 14.3. The second-order valence-corrected chi connectivity index (χ2v) is 5.91. The van der Waals surface area contributed by atoms with Gasteiger partial charge in [-0.15, -0.1) is 0 Å². The van der Waals surface area contributed by atoms with Gasteiger partial charge < -0.3 is 10.1 Å². The van der Waals surface area contributed by atoms with Gasteiger partial charge in [-0.2, -0.15) is 0 Å². The summed E-state index contributed by atoms with van der Waals surface area (Å²) >= 11 is 0. The van der Waals surface area contributed by atoms with Crippen LogP contribution in [0.4, 0.5) is 0 Å². The molecular weight excluding hydrogens is 234 g/mol. The molecule has 0 saturated heterocycles. The van der Waals surface area contributed by atoms with Crippen LogP contribution in [-0.4, -0.2) is 19.8 Å². The van der Waals surface area contributed by atoms with Crippen molar-refractivity contribution in [3.63, 3.8) is 0 Å². The largest absolute Gasteiger partial charge is 0.385 e. The van der Waals surface area contributed by atoms with E-state index in [0.29, 0.717) is 12.1 Å². The van der Waals surface area contributed by atoms with Crippen LogP contribution in [0.5, 0.6) is 0 Å². The van der Waals surface area contributed by atoms with Crippen LogP contribution < -0.4 is 5.32 Å². The highest BCUT2D eigenvalue weighted by atomic mass is 16.5. The number of ether oxygens (including phenoxy) is 1. The third-order valence-corrected chi connectivity index (χ3v) is 3.41. The molecule has 2 unspecified atom stereocenters. The summed E-state index contributed by atoms with van der Waals surface area (Å²) < 4.78 is 5.11. The lowest BCUT2D eigenvalue weighted by atomic mass is 9.99. The van der Waals surface area contributed by atoms with Crippen LogP contribution in [0.3, 0.4) is 0 Å². The van der Waals surface area contributed by atoms with Gasteiger partial charge in [0.2, 0.25) is 0 Å². The second-order valence-electron chi connectivity index (χ2n) is 5.91. The number of hydrogen-bond acceptors (Lipinski definition) is 2. The van der Waals surface area contributed by atoms with E-state index in [2.05, 4.69) is 57.3 Å². The van der Waals surface area contributed by atoms with Crippen molar-refractivity contribution in [2.45, 2.75) is 52.6 Å². The molecule has 19 heavy (non-hydrogen) atoms. The number of nitrogens with one attached hydrogen (secondary N) is 1. The zero-order valence-corrected chi connectivity index (χ0v) is 13.1. The highest BCUT2D eigenvalue weighted by molar-refractivity contribution is 5.25. The average molecular weight is 263 g/mol. The SMILES string of the molecule is COCCC(C)NC(C)c1ccc(CC(C)C)cc1. The molecule has 0 amide bonds. The Morgan fingerprint density at radius 3 is 2.21 bits per heavy atom. The molecule has 0 radical (unpaired) electrons. The quantitative estimate of drug-likeness (QED) is 0.766. The third kappa shape index (κ3) is 6.22. The van der Waals surface area contributed by atoms with E-state index in [0.717, 1.165) is 25.4 Å². The topological polar surface area (TPSA) is 21.3 Å². The summed E-state index contributed by atoms with van der Waals surface area (Å²) in [6.07, 6.45) is 2.21. The van der Waals surface area contributed by atoms with Crippen molar-refractivity contribution < 1.29 is 4.74 Å². The van der Waals surface area contributed by atoms with Crippen molar-refractivity contribution in [1.82, 2.24) is 5.32 Å². The Balaban J connectivity index is 2.50. The van der Waals surface area contributed by atoms with Gasteiger partial charge in [-0.05, 0) is 43.7 Å². The van der Waals surface area contributed by atoms with Crippen LogP contribution in [0.2, 0.25) is 0 Å². The van der Waals surface area contributed by atoms with Gasteiger partial charge in [0.25, 0.3) is 0 Å². The first-order valence-corrected chi connectivity index (χ1v) is 7.36. The maximum absolute atomic E-state index is 5.11. The summed E-state index contributed by atoms with van der Waals surface area (Å²) in [5.41, 5.74) is 2.79. The Labute approximate surface area is 118 Å². The van der Waals surface area contributed by atoms with Gasteiger partial charge in [0.1, 0.15) is 0 Å². The van der Waals surface area contributed by atoms with Crippen LogP contribution in [-0.2, 0) is 11.2 Å². The summed E-state index contributed by atoms with van der Waals surface area (Å²) in [5.74, 6) is 0.718. The molecule has 2 nitrogen and oxygen atoms in total. The molecule has 0 heterocycles. The summed E-state index contributed by atoms with van der Waals surface area (Å²) in [6, 6.07) is 9.88. The van der Waals surface area contributed by atoms with E-state index in [1.165, 1.54) is 11.1 Å². The highest BCUT2D eigenvalue weighted by Crippen LogP contribution is 2.16. The Hall–Kier alpha value is -0.860. The smallest absolute Gasteiger partial charge is 0.0476 e. The number of benzene rings is 1. The molecule has 1 N–H and O–H groups in total. The molecule has 0 bridgehead atoms. The highest BCUT2D eigenvalue weighted by Gasteiger charge is 2.09. The number of hydrogen-bond donors (Lipinski definition) is 1. The molecule has 0 aromatic heterocycles. The fourth-order valence-electron chi connectivity index (χ4n) is 2.31. The molecule has 0 aliphatic heterocycles. The maximum Gasteiger partial charge on any atom is 0.0476 e. The van der Waals surface area contributed by atoms with Gasteiger partial charge in [0, 0.05) is 25.8 Å². The molecule has 1 rings (SSSR count). The summed E-state index contributed by atoms with van der Waals surface area (Å²) in [6.45, 7) is 9.77. The Morgan fingerprint density at radius 2 is 1.68 bits per heavy atom. The van der Waals surface area contributed by atoms with E-state index in [9.17, 15) is 0 Å². The molecular formula is C17H29NO. The predicted octanol–water partition coefficient (Wildman–Crippen LogP) is 3.96. The van der Waals surface area contributed by atoms with Gasteiger partial charge in [-0.3, -0.25) is 0 Å². The first-order valence-electron chi connectivity index (χ1n) is 7.36. The number of rotatable bonds is 8. The lowest BCUT2D eigenvalue weighted by molar-refractivity contribution is 0.183. The van der Waals surface area contributed by atoms with Crippen molar-refractivity contribution in [3.8, 4) is 0 Å². The van der Waals surface area contributed by atoms with E-state index in [1.54, 1.807) is 7.11 Å². The lowest BCUT2D eigenvalue weighted by Gasteiger charge is -2.20. The zero-order valence-electron chi connectivity index (χ0n) is 13.1. The van der Waals surface area contributed by atoms with Gasteiger partial charge in [0.15, 0.2) is 0 Å². The minimum Gasteiger partial charge on any atom is -0.385 e. The molecule has 0 aliphatic rings.